The van der Waals surface area contributed by atoms with Gasteiger partial charge in [-0.15, -0.1) is 0 Å². The highest BCUT2D eigenvalue weighted by atomic mass is 32.2. The number of ether oxygens (including phenoxy) is 2. The second-order valence-electron chi connectivity index (χ2n) is 6.40. The zero-order valence-corrected chi connectivity index (χ0v) is 17.6. The highest BCUT2D eigenvalue weighted by Crippen LogP contribution is 2.31. The number of carbonyl (C=O) groups is 2. The van der Waals surface area contributed by atoms with Gasteiger partial charge in [-0.2, -0.15) is 0 Å². The summed E-state index contributed by atoms with van der Waals surface area (Å²) in [6.45, 7) is 6.37. The van der Waals surface area contributed by atoms with Crippen LogP contribution < -0.4 is 9.47 Å². The Labute approximate surface area is 187 Å². The minimum atomic E-state index is -3.95. The summed E-state index contributed by atoms with van der Waals surface area (Å²) in [6.07, 6.45) is 1.62. The molecule has 0 fully saturated rings. The molecule has 2 aromatic rings. The monoisotopic (exact) mass is 476 g/mol. The number of nitro groups is 2. The standard InChI is InChI=1S/C20H16N2O10S/c1-3-19(23)31-17-7-5-13(9-15(17)21(25)26)11-33(29,30)12-14-6-8-18(32-20(24)4-2)16(10-14)22(27)28/h3-10H,1-2,11-12H2. The van der Waals surface area contributed by atoms with E-state index in [1.54, 1.807) is 0 Å². The van der Waals surface area contributed by atoms with Gasteiger partial charge in [-0.1, -0.05) is 25.3 Å². The van der Waals surface area contributed by atoms with Crippen LogP contribution in [0.15, 0.2) is 61.7 Å². The fourth-order valence-corrected chi connectivity index (χ4v) is 4.10. The SMILES string of the molecule is C=CC(=O)Oc1ccc(CS(=O)(=O)Cc2ccc(OC(=O)C=C)c([N+](=O)[O-])c2)cc1[N+](=O)[O-]. The van der Waals surface area contributed by atoms with Crippen molar-refractivity contribution in [2.24, 2.45) is 0 Å². The summed E-state index contributed by atoms with van der Waals surface area (Å²) in [5, 5.41) is 22.5. The van der Waals surface area contributed by atoms with Crippen LogP contribution in [0.3, 0.4) is 0 Å². The van der Waals surface area contributed by atoms with E-state index in [4.69, 9.17) is 9.47 Å². The molecule has 33 heavy (non-hydrogen) atoms. The van der Waals surface area contributed by atoms with E-state index in [-0.39, 0.29) is 22.6 Å². The van der Waals surface area contributed by atoms with Gasteiger partial charge in [-0.25, -0.2) is 18.0 Å². The lowest BCUT2D eigenvalue weighted by Crippen LogP contribution is -2.10. The Morgan fingerprint density at radius 1 is 0.818 bits per heavy atom. The molecule has 12 nitrogen and oxygen atoms in total. The molecule has 0 radical (unpaired) electrons. The molecule has 0 saturated heterocycles. The number of hydrogen-bond donors (Lipinski definition) is 0. The Hall–Kier alpha value is -4.39. The van der Waals surface area contributed by atoms with Gasteiger partial charge in [0.1, 0.15) is 0 Å². The predicted octanol–water partition coefficient (Wildman–Crippen LogP) is 2.80. The van der Waals surface area contributed by atoms with E-state index >= 15 is 0 Å². The van der Waals surface area contributed by atoms with Crippen molar-refractivity contribution in [1.82, 2.24) is 0 Å². The number of carbonyl (C=O) groups excluding carboxylic acids is 2. The quantitative estimate of drug-likeness (QED) is 0.163. The molecule has 0 aromatic heterocycles. The van der Waals surface area contributed by atoms with Gasteiger partial charge in [0.05, 0.1) is 21.4 Å². The van der Waals surface area contributed by atoms with Crippen LogP contribution in [-0.2, 0) is 30.9 Å². The van der Waals surface area contributed by atoms with Crippen molar-refractivity contribution in [3.05, 3.63) is 93.1 Å². The first-order valence-electron chi connectivity index (χ1n) is 8.89. The largest absolute Gasteiger partial charge is 0.416 e. The molecule has 13 heteroatoms. The first-order valence-corrected chi connectivity index (χ1v) is 10.7. The van der Waals surface area contributed by atoms with E-state index in [1.807, 2.05) is 0 Å². The van der Waals surface area contributed by atoms with Crippen LogP contribution in [0.4, 0.5) is 11.4 Å². The van der Waals surface area contributed by atoms with Crippen molar-refractivity contribution in [2.75, 3.05) is 0 Å². The number of rotatable bonds is 10. The highest BCUT2D eigenvalue weighted by molar-refractivity contribution is 7.89. The molecular weight excluding hydrogens is 460 g/mol. The van der Waals surface area contributed by atoms with Crippen molar-refractivity contribution in [3.63, 3.8) is 0 Å². The third kappa shape index (κ3) is 6.80. The van der Waals surface area contributed by atoms with E-state index in [2.05, 4.69) is 13.2 Å². The summed E-state index contributed by atoms with van der Waals surface area (Å²) >= 11 is 0. The molecule has 0 amide bonds. The van der Waals surface area contributed by atoms with Crippen LogP contribution in [0.25, 0.3) is 0 Å². The van der Waals surface area contributed by atoms with Crippen molar-refractivity contribution < 1.29 is 37.3 Å². The molecule has 0 aliphatic carbocycles. The molecule has 0 aliphatic rings. The summed E-state index contributed by atoms with van der Waals surface area (Å²) in [7, 11) is -3.95. The molecule has 172 valence electrons. The van der Waals surface area contributed by atoms with Crippen LogP contribution >= 0.6 is 0 Å². The predicted molar refractivity (Wildman–Crippen MR) is 114 cm³/mol. The Balaban J connectivity index is 2.29. The van der Waals surface area contributed by atoms with E-state index < -0.39 is 54.5 Å². The van der Waals surface area contributed by atoms with Crippen LogP contribution in [0, 0.1) is 20.2 Å². The molecule has 0 heterocycles. The van der Waals surface area contributed by atoms with E-state index in [0.717, 1.165) is 36.4 Å². The smallest absolute Gasteiger partial charge is 0.335 e. The van der Waals surface area contributed by atoms with Crippen LogP contribution in [-0.4, -0.2) is 30.2 Å². The first-order chi connectivity index (χ1) is 15.5. The number of esters is 2. The summed E-state index contributed by atoms with van der Waals surface area (Å²) in [4.78, 5) is 43.5. The average Bonchev–Trinajstić information content (AvgIpc) is 2.74. The number of nitro benzene ring substituents is 2. The summed E-state index contributed by atoms with van der Waals surface area (Å²) in [5.41, 5.74) is -1.18. The lowest BCUT2D eigenvalue weighted by Gasteiger charge is -2.08. The highest BCUT2D eigenvalue weighted by Gasteiger charge is 2.23. The summed E-state index contributed by atoms with van der Waals surface area (Å²) in [5.74, 6) is -3.89. The maximum Gasteiger partial charge on any atom is 0.335 e. The Morgan fingerprint density at radius 2 is 1.18 bits per heavy atom. The lowest BCUT2D eigenvalue weighted by molar-refractivity contribution is -0.385. The molecule has 0 N–H and O–H groups in total. The second-order valence-corrected chi connectivity index (χ2v) is 8.47. The zero-order chi connectivity index (χ0) is 24.8. The molecule has 0 aliphatic heterocycles. The normalized spacial score (nSPS) is 10.7. The van der Waals surface area contributed by atoms with Crippen LogP contribution in [0.1, 0.15) is 11.1 Å². The third-order valence-electron chi connectivity index (χ3n) is 3.97. The van der Waals surface area contributed by atoms with Crippen LogP contribution in [0.5, 0.6) is 11.5 Å². The number of sulfone groups is 1. The molecule has 0 atom stereocenters. The number of nitrogens with zero attached hydrogens (tertiary/aromatic N) is 2. The van der Waals surface area contributed by atoms with Crippen molar-refractivity contribution >= 4 is 33.2 Å². The van der Waals surface area contributed by atoms with E-state index in [9.17, 15) is 38.2 Å². The van der Waals surface area contributed by atoms with Gasteiger partial charge in [0.25, 0.3) is 0 Å². The maximum atomic E-state index is 12.6. The van der Waals surface area contributed by atoms with E-state index in [0.29, 0.717) is 0 Å². The average molecular weight is 476 g/mol. The summed E-state index contributed by atoms with van der Waals surface area (Å²) < 4.78 is 34.8. The van der Waals surface area contributed by atoms with Crippen molar-refractivity contribution in [1.29, 1.82) is 0 Å². The fourth-order valence-electron chi connectivity index (χ4n) is 2.62. The number of hydrogen-bond acceptors (Lipinski definition) is 10. The van der Waals surface area contributed by atoms with Gasteiger partial charge in [0.2, 0.25) is 11.5 Å². The Bertz CT molecular complexity index is 1180. The van der Waals surface area contributed by atoms with Crippen LogP contribution in [0.2, 0.25) is 0 Å². The van der Waals surface area contributed by atoms with Gasteiger partial charge in [0.15, 0.2) is 9.84 Å². The third-order valence-corrected chi connectivity index (χ3v) is 5.51. The lowest BCUT2D eigenvalue weighted by atomic mass is 10.2. The maximum absolute atomic E-state index is 12.6. The summed E-state index contributed by atoms with van der Waals surface area (Å²) in [6, 6.07) is 6.52. The Kier molecular flexibility index (Phi) is 7.75. The molecule has 0 spiro atoms. The molecule has 2 rings (SSSR count). The minimum absolute atomic E-state index is 0.0335. The molecule has 0 unspecified atom stereocenters. The first kappa shape index (κ1) is 24.9. The Morgan fingerprint density at radius 3 is 1.48 bits per heavy atom. The second kappa shape index (κ2) is 10.3. The van der Waals surface area contributed by atoms with Gasteiger partial charge in [0, 0.05) is 24.3 Å². The molecular formula is C20H16N2O10S. The molecule has 0 saturated carbocycles. The number of benzene rings is 2. The fraction of sp³-hybridized carbons (Fsp3) is 0.100. The van der Waals surface area contributed by atoms with Gasteiger partial charge >= 0.3 is 23.3 Å². The van der Waals surface area contributed by atoms with Crippen molar-refractivity contribution in [2.45, 2.75) is 11.5 Å². The minimum Gasteiger partial charge on any atom is -0.416 e. The van der Waals surface area contributed by atoms with Gasteiger partial charge < -0.3 is 9.47 Å². The topological polar surface area (TPSA) is 173 Å². The van der Waals surface area contributed by atoms with Gasteiger partial charge in [-0.05, 0) is 23.3 Å². The van der Waals surface area contributed by atoms with Crippen molar-refractivity contribution in [3.8, 4) is 11.5 Å². The van der Waals surface area contributed by atoms with Gasteiger partial charge in [-0.3, -0.25) is 20.2 Å². The zero-order valence-electron chi connectivity index (χ0n) is 16.8. The van der Waals surface area contributed by atoms with E-state index in [1.165, 1.54) is 12.1 Å². The molecule has 2 aromatic carbocycles. The molecule has 0 bridgehead atoms.